The number of nitrogens with one attached hydrogen (secondary N) is 1. The number of primary amides is 1. The summed E-state index contributed by atoms with van der Waals surface area (Å²) < 4.78 is 13.3. The molecule has 0 unspecified atom stereocenters. The van der Waals surface area contributed by atoms with Crippen LogP contribution in [0.4, 0.5) is 15.8 Å². The van der Waals surface area contributed by atoms with Gasteiger partial charge in [-0.15, -0.1) is 0 Å². The molecule has 5 N–H and O–H groups in total. The Balaban J connectivity index is 2.19. The molecule has 0 saturated heterocycles. The predicted octanol–water partition coefficient (Wildman–Crippen LogP) is 1.76. The molecule has 0 spiro atoms. The smallest absolute Gasteiger partial charge is 0.257 e. The van der Waals surface area contributed by atoms with Gasteiger partial charge in [0.15, 0.2) is 0 Å². The van der Waals surface area contributed by atoms with Gasteiger partial charge in [-0.2, -0.15) is 0 Å². The van der Waals surface area contributed by atoms with Crippen molar-refractivity contribution in [3.63, 3.8) is 0 Å². The lowest BCUT2D eigenvalue weighted by atomic mass is 10.1. The summed E-state index contributed by atoms with van der Waals surface area (Å²) in [5.41, 5.74) is 11.2. The lowest BCUT2D eigenvalue weighted by Crippen LogP contribution is -2.15. The molecule has 0 aromatic heterocycles. The van der Waals surface area contributed by atoms with Crippen molar-refractivity contribution in [2.75, 3.05) is 11.1 Å². The van der Waals surface area contributed by atoms with Gasteiger partial charge in [0.25, 0.3) is 5.91 Å². The number of carbonyl (C=O) groups is 2. The zero-order valence-electron chi connectivity index (χ0n) is 10.4. The highest BCUT2D eigenvalue weighted by atomic mass is 19.1. The van der Waals surface area contributed by atoms with Crippen LogP contribution in [-0.4, -0.2) is 11.8 Å². The number of halogens is 1. The molecule has 0 bridgehead atoms. The minimum absolute atomic E-state index is 0.0453. The highest BCUT2D eigenvalue weighted by Crippen LogP contribution is 2.18. The molecule has 0 saturated carbocycles. The van der Waals surface area contributed by atoms with Crippen molar-refractivity contribution in [3.8, 4) is 0 Å². The number of carbonyl (C=O) groups excluding carboxylic acids is 2. The van der Waals surface area contributed by atoms with Crippen molar-refractivity contribution in [2.45, 2.75) is 0 Å². The molecule has 5 nitrogen and oxygen atoms in total. The Morgan fingerprint density at radius 1 is 1.05 bits per heavy atom. The van der Waals surface area contributed by atoms with Crippen LogP contribution in [0.2, 0.25) is 0 Å². The van der Waals surface area contributed by atoms with Crippen LogP contribution in [0.3, 0.4) is 0 Å². The Morgan fingerprint density at radius 3 is 2.30 bits per heavy atom. The molecule has 0 fully saturated rings. The van der Waals surface area contributed by atoms with Gasteiger partial charge in [-0.05, 0) is 36.4 Å². The number of anilines is 2. The van der Waals surface area contributed by atoms with E-state index in [2.05, 4.69) is 5.32 Å². The third-order valence-electron chi connectivity index (χ3n) is 2.72. The minimum atomic E-state index is -0.651. The zero-order chi connectivity index (χ0) is 14.7. The van der Waals surface area contributed by atoms with Crippen molar-refractivity contribution >= 4 is 23.2 Å². The SMILES string of the molecule is NC(=O)c1ccc(NC(=O)c2cccc(F)c2N)cc1. The second-order valence-corrected chi connectivity index (χ2v) is 4.10. The summed E-state index contributed by atoms with van der Waals surface area (Å²) in [5, 5.41) is 2.55. The van der Waals surface area contributed by atoms with E-state index < -0.39 is 17.6 Å². The first kappa shape index (κ1) is 13.5. The van der Waals surface area contributed by atoms with Crippen LogP contribution < -0.4 is 16.8 Å². The molecule has 0 heterocycles. The number of rotatable bonds is 3. The fourth-order valence-electron chi connectivity index (χ4n) is 1.65. The van der Waals surface area contributed by atoms with E-state index >= 15 is 0 Å². The summed E-state index contributed by atoms with van der Waals surface area (Å²) in [6.45, 7) is 0. The van der Waals surface area contributed by atoms with E-state index in [1.807, 2.05) is 0 Å². The van der Waals surface area contributed by atoms with Crippen LogP contribution in [0.5, 0.6) is 0 Å². The molecule has 0 aliphatic carbocycles. The van der Waals surface area contributed by atoms with E-state index in [4.69, 9.17) is 11.5 Å². The summed E-state index contributed by atoms with van der Waals surface area (Å²) >= 11 is 0. The molecule has 0 radical (unpaired) electrons. The van der Waals surface area contributed by atoms with Crippen LogP contribution >= 0.6 is 0 Å². The Kier molecular flexibility index (Phi) is 3.65. The first-order valence-electron chi connectivity index (χ1n) is 5.74. The average molecular weight is 273 g/mol. The highest BCUT2D eigenvalue weighted by molar-refractivity contribution is 6.07. The number of hydrogen-bond donors (Lipinski definition) is 3. The molecule has 2 rings (SSSR count). The van der Waals surface area contributed by atoms with Crippen molar-refractivity contribution in [2.24, 2.45) is 5.73 Å². The van der Waals surface area contributed by atoms with Gasteiger partial charge in [0.05, 0.1) is 11.3 Å². The minimum Gasteiger partial charge on any atom is -0.396 e. The summed E-state index contributed by atoms with van der Waals surface area (Å²) in [6.07, 6.45) is 0. The molecule has 6 heteroatoms. The maximum absolute atomic E-state index is 13.3. The van der Waals surface area contributed by atoms with E-state index in [0.29, 0.717) is 11.3 Å². The molecule has 102 valence electrons. The first-order valence-corrected chi connectivity index (χ1v) is 5.74. The highest BCUT2D eigenvalue weighted by Gasteiger charge is 2.12. The second kappa shape index (κ2) is 5.40. The van der Waals surface area contributed by atoms with Crippen LogP contribution in [-0.2, 0) is 0 Å². The van der Waals surface area contributed by atoms with Crippen LogP contribution in [0, 0.1) is 5.82 Å². The molecule has 0 atom stereocenters. The first-order chi connectivity index (χ1) is 9.49. The van der Waals surface area contributed by atoms with E-state index in [1.54, 1.807) is 0 Å². The van der Waals surface area contributed by atoms with Gasteiger partial charge in [0.1, 0.15) is 5.82 Å². The third kappa shape index (κ3) is 2.74. The van der Waals surface area contributed by atoms with Crippen molar-refractivity contribution in [1.82, 2.24) is 0 Å². The normalized spacial score (nSPS) is 10.1. The van der Waals surface area contributed by atoms with Crippen LogP contribution in [0.15, 0.2) is 42.5 Å². The summed E-state index contributed by atoms with van der Waals surface area (Å²) in [4.78, 5) is 22.9. The monoisotopic (exact) mass is 273 g/mol. The maximum atomic E-state index is 13.3. The topological polar surface area (TPSA) is 98.2 Å². The van der Waals surface area contributed by atoms with Gasteiger partial charge >= 0.3 is 0 Å². The van der Waals surface area contributed by atoms with Crippen LogP contribution in [0.25, 0.3) is 0 Å². The summed E-state index contributed by atoms with van der Waals surface area (Å²) in [5.74, 6) is -1.74. The summed E-state index contributed by atoms with van der Waals surface area (Å²) in [7, 11) is 0. The van der Waals surface area contributed by atoms with Gasteiger partial charge in [-0.3, -0.25) is 9.59 Å². The molecule has 20 heavy (non-hydrogen) atoms. The lowest BCUT2D eigenvalue weighted by molar-refractivity contribution is 0.0998. The molecule has 2 amide bonds. The van der Waals surface area contributed by atoms with E-state index in [0.717, 1.165) is 0 Å². The number of nitrogen functional groups attached to an aromatic ring is 1. The summed E-state index contributed by atoms with van der Waals surface area (Å²) in [6, 6.07) is 10.00. The van der Waals surface area contributed by atoms with Crippen molar-refractivity contribution < 1.29 is 14.0 Å². The molecule has 2 aromatic carbocycles. The Bertz CT molecular complexity index is 669. The largest absolute Gasteiger partial charge is 0.396 e. The third-order valence-corrected chi connectivity index (χ3v) is 2.72. The van der Waals surface area contributed by atoms with Gasteiger partial charge in [0, 0.05) is 11.3 Å². The fourth-order valence-corrected chi connectivity index (χ4v) is 1.65. The number of para-hydroxylation sites is 1. The number of hydrogen-bond acceptors (Lipinski definition) is 3. The van der Waals surface area contributed by atoms with Crippen molar-refractivity contribution in [3.05, 3.63) is 59.4 Å². The van der Waals surface area contributed by atoms with Crippen molar-refractivity contribution in [1.29, 1.82) is 0 Å². The maximum Gasteiger partial charge on any atom is 0.257 e. The Morgan fingerprint density at radius 2 is 1.70 bits per heavy atom. The van der Waals surface area contributed by atoms with Gasteiger partial charge < -0.3 is 16.8 Å². The fraction of sp³-hybridized carbons (Fsp3) is 0. The molecular weight excluding hydrogens is 261 g/mol. The average Bonchev–Trinajstić information content (AvgIpc) is 2.42. The number of nitrogens with two attached hydrogens (primary N) is 2. The van der Waals surface area contributed by atoms with Gasteiger partial charge in [-0.1, -0.05) is 6.07 Å². The van der Waals surface area contributed by atoms with Crippen LogP contribution in [0.1, 0.15) is 20.7 Å². The second-order valence-electron chi connectivity index (χ2n) is 4.10. The molecule has 2 aromatic rings. The zero-order valence-corrected chi connectivity index (χ0v) is 10.4. The quantitative estimate of drug-likeness (QED) is 0.743. The lowest BCUT2D eigenvalue weighted by Gasteiger charge is -2.08. The molecule has 0 aliphatic heterocycles. The number of benzene rings is 2. The Labute approximate surface area is 114 Å². The molecule has 0 aliphatic rings. The number of amides is 2. The molecular formula is C14H12FN3O2. The predicted molar refractivity (Wildman–Crippen MR) is 73.7 cm³/mol. The standard InChI is InChI=1S/C14H12FN3O2/c15-11-3-1-2-10(12(11)16)14(20)18-9-6-4-8(5-7-9)13(17)19/h1-7H,16H2,(H2,17,19)(H,18,20). The van der Waals surface area contributed by atoms with Gasteiger partial charge in [-0.25, -0.2) is 4.39 Å². The van der Waals surface area contributed by atoms with Gasteiger partial charge in [0.2, 0.25) is 5.91 Å². The van der Waals surface area contributed by atoms with E-state index in [1.165, 1.54) is 42.5 Å². The Hall–Kier alpha value is -2.89. The van der Waals surface area contributed by atoms with E-state index in [9.17, 15) is 14.0 Å². The van der Waals surface area contributed by atoms with E-state index in [-0.39, 0.29) is 11.3 Å².